The Bertz CT molecular complexity index is 598. The molecule has 0 aromatic heterocycles. The quantitative estimate of drug-likeness (QED) is 0.772. The Kier molecular flexibility index (Phi) is 6.01. The summed E-state index contributed by atoms with van der Waals surface area (Å²) < 4.78 is 1.04. The van der Waals surface area contributed by atoms with Crippen LogP contribution in [0.1, 0.15) is 25.8 Å². The first-order valence-corrected chi connectivity index (χ1v) is 8.26. The molecule has 1 unspecified atom stereocenters. The fraction of sp³-hybridized carbons (Fsp3) is 0.278. The molecule has 4 heteroatoms. The summed E-state index contributed by atoms with van der Waals surface area (Å²) >= 11 is 3.43. The topological polar surface area (TPSA) is 32.3 Å². The molecule has 2 aromatic rings. The zero-order valence-corrected chi connectivity index (χ0v) is 14.5. The minimum atomic E-state index is -0.0662. The molecule has 0 radical (unpaired) electrons. The first-order chi connectivity index (χ1) is 10.6. The molecular formula is C18H21BrN2O. The number of hydrogen-bond acceptors (Lipinski definition) is 1. The average molecular weight is 361 g/mol. The normalized spacial score (nSPS) is 11.8. The van der Waals surface area contributed by atoms with E-state index in [0.29, 0.717) is 6.54 Å². The number of rotatable bonds is 5. The first-order valence-electron chi connectivity index (χ1n) is 7.47. The van der Waals surface area contributed by atoms with Crippen molar-refractivity contribution < 1.29 is 4.79 Å². The van der Waals surface area contributed by atoms with Gasteiger partial charge >= 0.3 is 6.03 Å². The van der Waals surface area contributed by atoms with E-state index in [9.17, 15) is 4.79 Å². The second-order valence-electron chi connectivity index (χ2n) is 5.31. The molecule has 0 fully saturated rings. The van der Waals surface area contributed by atoms with Gasteiger partial charge in [-0.2, -0.15) is 0 Å². The van der Waals surface area contributed by atoms with Crippen LogP contribution in [0.2, 0.25) is 0 Å². The smallest absolute Gasteiger partial charge is 0.318 e. The van der Waals surface area contributed by atoms with E-state index in [1.54, 1.807) is 0 Å². The summed E-state index contributed by atoms with van der Waals surface area (Å²) in [5.41, 5.74) is 1.93. The number of amides is 2. The Morgan fingerprint density at radius 2 is 1.77 bits per heavy atom. The monoisotopic (exact) mass is 360 g/mol. The van der Waals surface area contributed by atoms with Crippen LogP contribution >= 0.6 is 15.9 Å². The number of hydrogen-bond donors (Lipinski definition) is 1. The lowest BCUT2D eigenvalue weighted by Gasteiger charge is -2.29. The van der Waals surface area contributed by atoms with Gasteiger partial charge in [0.2, 0.25) is 0 Å². The second-order valence-corrected chi connectivity index (χ2v) is 6.22. The zero-order chi connectivity index (χ0) is 15.9. The fourth-order valence-corrected chi connectivity index (χ4v) is 2.42. The third kappa shape index (κ3) is 4.60. The maximum absolute atomic E-state index is 12.6. The van der Waals surface area contributed by atoms with Gasteiger partial charge in [-0.3, -0.25) is 0 Å². The molecule has 116 valence electrons. The van der Waals surface area contributed by atoms with Crippen molar-refractivity contribution in [2.75, 3.05) is 5.32 Å². The molecule has 1 atom stereocenters. The van der Waals surface area contributed by atoms with E-state index < -0.39 is 0 Å². The van der Waals surface area contributed by atoms with E-state index in [-0.39, 0.29) is 12.1 Å². The maximum atomic E-state index is 12.6. The first kappa shape index (κ1) is 16.6. The molecule has 0 bridgehead atoms. The highest BCUT2D eigenvalue weighted by Gasteiger charge is 2.19. The lowest BCUT2D eigenvalue weighted by atomic mass is 10.1. The molecule has 1 N–H and O–H groups in total. The highest BCUT2D eigenvalue weighted by atomic mass is 79.9. The van der Waals surface area contributed by atoms with E-state index in [1.807, 2.05) is 59.5 Å². The van der Waals surface area contributed by atoms with Crippen molar-refractivity contribution in [2.24, 2.45) is 0 Å². The highest BCUT2D eigenvalue weighted by Crippen LogP contribution is 2.16. The Balaban J connectivity index is 2.11. The Labute approximate surface area is 140 Å². The second kappa shape index (κ2) is 7.99. The van der Waals surface area contributed by atoms with Crippen LogP contribution in [0.4, 0.5) is 10.5 Å². The molecule has 0 aliphatic heterocycles. The van der Waals surface area contributed by atoms with Gasteiger partial charge in [-0.1, -0.05) is 53.2 Å². The van der Waals surface area contributed by atoms with Crippen LogP contribution in [0.15, 0.2) is 59.1 Å². The molecule has 0 saturated carbocycles. The van der Waals surface area contributed by atoms with Crippen molar-refractivity contribution in [3.63, 3.8) is 0 Å². The van der Waals surface area contributed by atoms with E-state index in [0.717, 1.165) is 22.1 Å². The Morgan fingerprint density at radius 3 is 2.36 bits per heavy atom. The molecule has 0 spiro atoms. The van der Waals surface area contributed by atoms with Crippen LogP contribution in [-0.2, 0) is 6.54 Å². The van der Waals surface area contributed by atoms with Gasteiger partial charge in [-0.15, -0.1) is 0 Å². The molecule has 0 aliphatic rings. The van der Waals surface area contributed by atoms with Crippen molar-refractivity contribution in [1.29, 1.82) is 0 Å². The minimum absolute atomic E-state index is 0.0662. The van der Waals surface area contributed by atoms with Crippen molar-refractivity contribution in [3.05, 3.63) is 64.6 Å². The molecule has 22 heavy (non-hydrogen) atoms. The summed E-state index contributed by atoms with van der Waals surface area (Å²) in [5, 5.41) is 2.97. The van der Waals surface area contributed by atoms with Crippen molar-refractivity contribution in [3.8, 4) is 0 Å². The Hall–Kier alpha value is -1.81. The predicted molar refractivity (Wildman–Crippen MR) is 94.9 cm³/mol. The molecule has 0 aliphatic carbocycles. The number of benzene rings is 2. The number of para-hydroxylation sites is 1. The lowest BCUT2D eigenvalue weighted by Crippen LogP contribution is -2.40. The van der Waals surface area contributed by atoms with E-state index in [2.05, 4.69) is 35.1 Å². The van der Waals surface area contributed by atoms with Gasteiger partial charge in [0.1, 0.15) is 0 Å². The van der Waals surface area contributed by atoms with Crippen molar-refractivity contribution in [2.45, 2.75) is 32.9 Å². The van der Waals surface area contributed by atoms with Gasteiger partial charge in [-0.05, 0) is 43.2 Å². The summed E-state index contributed by atoms with van der Waals surface area (Å²) in [4.78, 5) is 14.5. The van der Waals surface area contributed by atoms with Gasteiger partial charge in [0.15, 0.2) is 0 Å². The van der Waals surface area contributed by atoms with E-state index in [4.69, 9.17) is 0 Å². The van der Waals surface area contributed by atoms with E-state index >= 15 is 0 Å². The summed E-state index contributed by atoms with van der Waals surface area (Å²) in [5.74, 6) is 0. The number of nitrogens with zero attached hydrogens (tertiary/aromatic N) is 1. The third-order valence-electron chi connectivity index (χ3n) is 3.67. The average Bonchev–Trinajstić information content (AvgIpc) is 2.54. The summed E-state index contributed by atoms with van der Waals surface area (Å²) in [6.07, 6.45) is 0.915. The van der Waals surface area contributed by atoms with Crippen molar-refractivity contribution >= 4 is 27.6 Å². The van der Waals surface area contributed by atoms with Gasteiger partial charge < -0.3 is 10.2 Å². The van der Waals surface area contributed by atoms with Crippen LogP contribution in [0.25, 0.3) is 0 Å². The van der Waals surface area contributed by atoms with Crippen LogP contribution in [0, 0.1) is 0 Å². The molecule has 0 heterocycles. The SMILES string of the molecule is CCC(C)N(Cc1ccc(Br)cc1)C(=O)Nc1ccccc1. The highest BCUT2D eigenvalue weighted by molar-refractivity contribution is 9.10. The minimum Gasteiger partial charge on any atom is -0.318 e. The zero-order valence-electron chi connectivity index (χ0n) is 12.9. The van der Waals surface area contributed by atoms with Gasteiger partial charge in [0.25, 0.3) is 0 Å². The molecule has 2 rings (SSSR count). The number of halogens is 1. The lowest BCUT2D eigenvalue weighted by molar-refractivity contribution is 0.187. The third-order valence-corrected chi connectivity index (χ3v) is 4.20. The van der Waals surface area contributed by atoms with Gasteiger partial charge in [0.05, 0.1) is 0 Å². The number of carbonyl (C=O) groups excluding carboxylic acids is 1. The van der Waals surface area contributed by atoms with Crippen LogP contribution in [0.5, 0.6) is 0 Å². The summed E-state index contributed by atoms with van der Waals surface area (Å²) in [6.45, 7) is 4.76. The number of nitrogens with one attached hydrogen (secondary N) is 1. The Morgan fingerprint density at radius 1 is 1.14 bits per heavy atom. The molecule has 2 amide bonds. The summed E-state index contributed by atoms with van der Waals surface area (Å²) in [6, 6.07) is 17.7. The van der Waals surface area contributed by atoms with Gasteiger partial charge in [0, 0.05) is 22.7 Å². The van der Waals surface area contributed by atoms with Crippen LogP contribution in [-0.4, -0.2) is 17.0 Å². The summed E-state index contributed by atoms with van der Waals surface area (Å²) in [7, 11) is 0. The molecule has 3 nitrogen and oxygen atoms in total. The van der Waals surface area contributed by atoms with E-state index in [1.165, 1.54) is 0 Å². The van der Waals surface area contributed by atoms with Gasteiger partial charge in [-0.25, -0.2) is 4.79 Å². The molecule has 0 saturated heterocycles. The number of anilines is 1. The molecular weight excluding hydrogens is 340 g/mol. The standard InChI is InChI=1S/C18H21BrN2O/c1-3-14(2)21(13-15-9-11-16(19)12-10-15)18(22)20-17-7-5-4-6-8-17/h4-12,14H,3,13H2,1-2H3,(H,20,22). The number of carbonyl (C=O) groups is 1. The maximum Gasteiger partial charge on any atom is 0.322 e. The number of urea groups is 1. The molecule has 2 aromatic carbocycles. The van der Waals surface area contributed by atoms with Crippen molar-refractivity contribution in [1.82, 2.24) is 4.90 Å². The van der Waals surface area contributed by atoms with Crippen LogP contribution < -0.4 is 5.32 Å². The van der Waals surface area contributed by atoms with Crippen LogP contribution in [0.3, 0.4) is 0 Å². The fourth-order valence-electron chi connectivity index (χ4n) is 2.15. The predicted octanol–water partition coefficient (Wildman–Crippen LogP) is 5.28. The largest absolute Gasteiger partial charge is 0.322 e.